The molecule has 3 aromatic rings. The van der Waals surface area contributed by atoms with Gasteiger partial charge < -0.3 is 15.4 Å². The fraction of sp³-hybridized carbons (Fsp3) is 0.409. The molecule has 168 valence electrons. The second-order valence-corrected chi connectivity index (χ2v) is 8.22. The van der Waals surface area contributed by atoms with Crippen LogP contribution in [0, 0.1) is 17.2 Å². The summed E-state index contributed by atoms with van der Waals surface area (Å²) in [6, 6.07) is 9.01. The highest BCUT2D eigenvalue weighted by atomic mass is 19.4. The van der Waals surface area contributed by atoms with Gasteiger partial charge in [0.15, 0.2) is 11.4 Å². The summed E-state index contributed by atoms with van der Waals surface area (Å²) < 4.78 is 41.0. The van der Waals surface area contributed by atoms with E-state index in [2.05, 4.69) is 21.5 Å². The van der Waals surface area contributed by atoms with Crippen LogP contribution in [0.5, 0.6) is 0 Å². The van der Waals surface area contributed by atoms with E-state index in [4.69, 9.17) is 0 Å². The van der Waals surface area contributed by atoms with E-state index in [1.165, 1.54) is 30.5 Å². The van der Waals surface area contributed by atoms with Gasteiger partial charge >= 0.3 is 6.18 Å². The molecular weight excluding hydrogens is 423 g/mol. The smallest absolute Gasteiger partial charge is 0.376 e. The number of aromatic amines is 1. The number of hydrogen-bond acceptors (Lipinski definition) is 5. The predicted octanol–water partition coefficient (Wildman–Crippen LogP) is 4.49. The summed E-state index contributed by atoms with van der Waals surface area (Å²) in [5.74, 6) is 0.0299. The molecule has 0 aliphatic heterocycles. The van der Waals surface area contributed by atoms with Gasteiger partial charge in [0.2, 0.25) is 0 Å². The molecule has 0 saturated heterocycles. The van der Waals surface area contributed by atoms with Crippen LogP contribution in [0.2, 0.25) is 0 Å². The first-order valence-electron chi connectivity index (χ1n) is 10.3. The quantitative estimate of drug-likeness (QED) is 0.549. The van der Waals surface area contributed by atoms with Crippen LogP contribution in [0.25, 0.3) is 10.9 Å². The summed E-state index contributed by atoms with van der Waals surface area (Å²) in [6.45, 7) is 0.694. The number of aliphatic hydroxyl groups is 1. The van der Waals surface area contributed by atoms with Crippen LogP contribution in [-0.4, -0.2) is 26.0 Å². The van der Waals surface area contributed by atoms with Gasteiger partial charge in [-0.3, -0.25) is 9.48 Å². The molecule has 32 heavy (non-hydrogen) atoms. The molecule has 0 amide bonds. The minimum absolute atomic E-state index is 0.169. The molecule has 3 unspecified atom stereocenters. The largest absolute Gasteiger partial charge is 0.421 e. The van der Waals surface area contributed by atoms with Gasteiger partial charge in [0.1, 0.15) is 5.39 Å². The lowest BCUT2D eigenvalue weighted by Crippen LogP contribution is -2.39. The predicted molar refractivity (Wildman–Crippen MR) is 112 cm³/mol. The lowest BCUT2D eigenvalue weighted by Gasteiger charge is -2.27. The van der Waals surface area contributed by atoms with Crippen molar-refractivity contribution < 1.29 is 18.3 Å². The first-order chi connectivity index (χ1) is 15.1. The van der Waals surface area contributed by atoms with Gasteiger partial charge in [-0.15, -0.1) is 0 Å². The number of nitrogens with one attached hydrogen (secondary N) is 2. The number of pyridine rings is 1. The molecule has 10 heteroatoms. The monoisotopic (exact) mass is 445 g/mol. The molecule has 1 aromatic carbocycles. The Morgan fingerprint density at radius 1 is 1.22 bits per heavy atom. The molecule has 2 aromatic heterocycles. The molecule has 1 fully saturated rings. The second-order valence-electron chi connectivity index (χ2n) is 8.22. The molecule has 0 radical (unpaired) electrons. The van der Waals surface area contributed by atoms with Gasteiger partial charge in [-0.1, -0.05) is 25.0 Å². The highest BCUT2D eigenvalue weighted by Gasteiger charge is 2.51. The Morgan fingerprint density at radius 2 is 1.91 bits per heavy atom. The molecule has 3 atom stereocenters. The summed E-state index contributed by atoms with van der Waals surface area (Å²) in [5.41, 5.74) is -2.66. The van der Waals surface area contributed by atoms with Crippen molar-refractivity contribution in [3.63, 3.8) is 0 Å². The number of fused-ring (bicyclic) bond motifs is 1. The summed E-state index contributed by atoms with van der Waals surface area (Å²) in [6.07, 6.45) is 0.147. The number of hydrogen-bond donors (Lipinski definition) is 3. The number of alkyl halides is 3. The van der Waals surface area contributed by atoms with Gasteiger partial charge in [0.25, 0.3) is 5.56 Å². The number of aromatic nitrogens is 3. The Balaban J connectivity index is 1.71. The maximum atomic E-state index is 13.1. The van der Waals surface area contributed by atoms with Crippen LogP contribution in [0.1, 0.15) is 44.2 Å². The van der Waals surface area contributed by atoms with E-state index in [-0.39, 0.29) is 28.9 Å². The molecular formula is C22H22F3N5O2. The second kappa shape index (κ2) is 7.98. The Hall–Kier alpha value is -3.32. The third kappa shape index (κ3) is 3.73. The van der Waals surface area contributed by atoms with Crippen molar-refractivity contribution in [1.29, 1.82) is 5.26 Å². The minimum atomic E-state index is -4.82. The SMILES string of the molecule is CC(O)(c1ccc(Nc2nn(C3CCCCC3C#N)c3cc[nH]c(=O)c23)cc1)C(F)(F)F. The summed E-state index contributed by atoms with van der Waals surface area (Å²) in [5, 5.41) is 27.3. The van der Waals surface area contributed by atoms with E-state index in [1.807, 2.05) is 0 Å². The Kier molecular flexibility index (Phi) is 5.46. The third-order valence-electron chi connectivity index (χ3n) is 6.10. The Bertz CT molecular complexity index is 1220. The van der Waals surface area contributed by atoms with Crippen molar-refractivity contribution in [1.82, 2.24) is 14.8 Å². The molecule has 2 heterocycles. The lowest BCUT2D eigenvalue weighted by atomic mass is 9.85. The third-order valence-corrected chi connectivity index (χ3v) is 6.10. The lowest BCUT2D eigenvalue weighted by molar-refractivity contribution is -0.258. The zero-order chi connectivity index (χ0) is 23.1. The van der Waals surface area contributed by atoms with E-state index < -0.39 is 11.8 Å². The molecule has 1 aliphatic carbocycles. The van der Waals surface area contributed by atoms with Crippen molar-refractivity contribution in [2.45, 2.75) is 50.4 Å². The molecule has 4 rings (SSSR count). The maximum absolute atomic E-state index is 13.1. The number of nitriles is 1. The maximum Gasteiger partial charge on any atom is 0.421 e. The fourth-order valence-electron chi connectivity index (χ4n) is 4.17. The van der Waals surface area contributed by atoms with E-state index in [1.54, 1.807) is 10.7 Å². The van der Waals surface area contributed by atoms with Crippen LogP contribution in [0.15, 0.2) is 41.3 Å². The number of anilines is 2. The van der Waals surface area contributed by atoms with Crippen LogP contribution in [-0.2, 0) is 5.60 Å². The van der Waals surface area contributed by atoms with Gasteiger partial charge in [-0.2, -0.15) is 23.5 Å². The highest BCUT2D eigenvalue weighted by Crippen LogP contribution is 2.39. The topological polar surface area (TPSA) is 107 Å². The summed E-state index contributed by atoms with van der Waals surface area (Å²) in [7, 11) is 0. The number of halogens is 3. The van der Waals surface area contributed by atoms with Gasteiger partial charge in [0, 0.05) is 11.9 Å². The summed E-state index contributed by atoms with van der Waals surface area (Å²) >= 11 is 0. The van der Waals surface area contributed by atoms with E-state index in [0.29, 0.717) is 23.5 Å². The highest BCUT2D eigenvalue weighted by molar-refractivity contribution is 5.91. The number of nitrogens with zero attached hydrogens (tertiary/aromatic N) is 3. The average Bonchev–Trinajstić information content (AvgIpc) is 3.12. The van der Waals surface area contributed by atoms with E-state index in [0.717, 1.165) is 25.7 Å². The zero-order valence-corrected chi connectivity index (χ0v) is 17.3. The number of H-pyrrole nitrogens is 1. The van der Waals surface area contributed by atoms with Crippen molar-refractivity contribution >= 4 is 22.4 Å². The fourth-order valence-corrected chi connectivity index (χ4v) is 4.17. The minimum Gasteiger partial charge on any atom is -0.376 e. The summed E-state index contributed by atoms with van der Waals surface area (Å²) in [4.78, 5) is 15.2. The van der Waals surface area contributed by atoms with Crippen molar-refractivity contribution in [3.05, 3.63) is 52.4 Å². The van der Waals surface area contributed by atoms with Crippen LogP contribution in [0.4, 0.5) is 24.7 Å². The van der Waals surface area contributed by atoms with Gasteiger partial charge in [-0.25, -0.2) is 0 Å². The molecule has 1 aliphatic rings. The average molecular weight is 445 g/mol. The van der Waals surface area contributed by atoms with Crippen LogP contribution >= 0.6 is 0 Å². The Labute approximate surface area is 181 Å². The first-order valence-corrected chi connectivity index (χ1v) is 10.3. The van der Waals surface area contributed by atoms with Gasteiger partial charge in [-0.05, 0) is 43.5 Å². The van der Waals surface area contributed by atoms with Gasteiger partial charge in [0.05, 0.1) is 23.5 Å². The van der Waals surface area contributed by atoms with Crippen molar-refractivity contribution in [2.75, 3.05) is 5.32 Å². The standard InChI is InChI=1S/C22H22F3N5O2/c1-21(32,22(23,24)25)14-6-8-15(9-7-14)28-19-18-17(10-11-27-20(18)31)30(29-19)16-5-3-2-4-13(16)12-26/h6-11,13,16,32H,2-5H2,1H3,(H,27,31)(H,28,29). The van der Waals surface area contributed by atoms with E-state index >= 15 is 0 Å². The molecule has 3 N–H and O–H groups in total. The van der Waals surface area contributed by atoms with Crippen LogP contribution in [0.3, 0.4) is 0 Å². The Morgan fingerprint density at radius 3 is 2.56 bits per heavy atom. The van der Waals surface area contributed by atoms with Crippen LogP contribution < -0.4 is 10.9 Å². The molecule has 1 saturated carbocycles. The normalized spacial score (nSPS) is 21.1. The van der Waals surface area contributed by atoms with E-state index in [9.17, 15) is 28.3 Å². The van der Waals surface area contributed by atoms with Crippen molar-refractivity contribution in [3.8, 4) is 6.07 Å². The first kappa shape index (κ1) is 21.9. The van der Waals surface area contributed by atoms with Crippen molar-refractivity contribution in [2.24, 2.45) is 5.92 Å². The zero-order valence-electron chi connectivity index (χ0n) is 17.3. The number of rotatable bonds is 4. The molecule has 0 bridgehead atoms. The molecule has 0 spiro atoms. The number of benzene rings is 1. The molecule has 7 nitrogen and oxygen atoms in total.